The Morgan fingerprint density at radius 3 is 2.58 bits per heavy atom. The van der Waals surface area contributed by atoms with E-state index < -0.39 is 0 Å². The summed E-state index contributed by atoms with van der Waals surface area (Å²) in [6.45, 7) is 6.08. The molecule has 0 atom stereocenters. The van der Waals surface area contributed by atoms with E-state index in [4.69, 9.17) is 4.52 Å². The molecular formula is C10H17NO. The van der Waals surface area contributed by atoms with E-state index in [1.54, 1.807) is 0 Å². The van der Waals surface area contributed by atoms with Gasteiger partial charge in [-0.1, -0.05) is 25.9 Å². The van der Waals surface area contributed by atoms with Gasteiger partial charge in [0.05, 0.1) is 5.69 Å². The van der Waals surface area contributed by atoms with Crippen molar-refractivity contribution >= 4 is 0 Å². The largest absolute Gasteiger partial charge is 0.361 e. The van der Waals surface area contributed by atoms with Gasteiger partial charge < -0.3 is 4.52 Å². The molecule has 1 heterocycles. The molecule has 2 heteroatoms. The van der Waals surface area contributed by atoms with E-state index in [0.29, 0.717) is 0 Å². The first-order valence-corrected chi connectivity index (χ1v) is 4.85. The van der Waals surface area contributed by atoms with Crippen LogP contribution in [0.2, 0.25) is 0 Å². The zero-order valence-electron chi connectivity index (χ0n) is 8.13. The molecule has 2 rings (SSSR count). The lowest BCUT2D eigenvalue weighted by Gasteiger charge is -1.79. The smallest absolute Gasteiger partial charge is 0.136 e. The second-order valence-electron chi connectivity index (χ2n) is 2.85. The Morgan fingerprint density at radius 1 is 1.50 bits per heavy atom. The topological polar surface area (TPSA) is 26.0 Å². The fourth-order valence-electron chi connectivity index (χ4n) is 1.07. The van der Waals surface area contributed by atoms with E-state index in [0.717, 1.165) is 23.8 Å². The normalized spacial score (nSPS) is 15.2. The van der Waals surface area contributed by atoms with Crippen LogP contribution in [0.3, 0.4) is 0 Å². The highest BCUT2D eigenvalue weighted by Gasteiger charge is 2.26. The highest BCUT2D eigenvalue weighted by Crippen LogP contribution is 2.39. The third-order valence-electron chi connectivity index (χ3n) is 1.92. The summed E-state index contributed by atoms with van der Waals surface area (Å²) in [5, 5.41) is 3.97. The van der Waals surface area contributed by atoms with Crippen LogP contribution in [-0.2, 0) is 6.42 Å². The maximum absolute atomic E-state index is 5.07. The van der Waals surface area contributed by atoms with Crippen molar-refractivity contribution in [1.29, 1.82) is 0 Å². The van der Waals surface area contributed by atoms with Crippen LogP contribution in [0.25, 0.3) is 0 Å². The number of nitrogens with zero attached hydrogens (tertiary/aromatic N) is 1. The van der Waals surface area contributed by atoms with E-state index in [9.17, 15) is 0 Å². The Hall–Kier alpha value is -0.790. The molecule has 1 aromatic rings. The first-order valence-electron chi connectivity index (χ1n) is 4.85. The van der Waals surface area contributed by atoms with Crippen molar-refractivity contribution in [2.45, 2.75) is 46.0 Å². The molecule has 0 spiro atoms. The minimum atomic E-state index is 0.726. The second kappa shape index (κ2) is 4.29. The first-order chi connectivity index (χ1) is 5.90. The number of hydrogen-bond donors (Lipinski definition) is 0. The molecule has 0 aromatic carbocycles. The van der Waals surface area contributed by atoms with Gasteiger partial charge in [-0.2, -0.15) is 0 Å². The molecule has 12 heavy (non-hydrogen) atoms. The van der Waals surface area contributed by atoms with Crippen LogP contribution in [0.5, 0.6) is 0 Å². The van der Waals surface area contributed by atoms with Gasteiger partial charge in [0.1, 0.15) is 5.76 Å². The summed E-state index contributed by atoms with van der Waals surface area (Å²) >= 11 is 0. The highest BCUT2D eigenvalue weighted by atomic mass is 16.5. The minimum Gasteiger partial charge on any atom is -0.361 e. The van der Waals surface area contributed by atoms with Crippen molar-refractivity contribution < 1.29 is 4.52 Å². The van der Waals surface area contributed by atoms with E-state index >= 15 is 0 Å². The SMILES string of the molecule is CC.CCc1cc(C2CC2)no1. The summed E-state index contributed by atoms with van der Waals surface area (Å²) in [7, 11) is 0. The Labute approximate surface area is 74.0 Å². The van der Waals surface area contributed by atoms with Crippen molar-refractivity contribution in [2.75, 3.05) is 0 Å². The monoisotopic (exact) mass is 167 g/mol. The van der Waals surface area contributed by atoms with Crippen molar-refractivity contribution in [3.63, 3.8) is 0 Å². The van der Waals surface area contributed by atoms with Crippen LogP contribution >= 0.6 is 0 Å². The Morgan fingerprint density at radius 2 is 2.17 bits per heavy atom. The fraction of sp³-hybridized carbons (Fsp3) is 0.700. The summed E-state index contributed by atoms with van der Waals surface area (Å²) in [6.07, 6.45) is 3.56. The number of rotatable bonds is 2. The molecule has 1 aliphatic rings. The Bertz CT molecular complexity index is 225. The third-order valence-corrected chi connectivity index (χ3v) is 1.92. The van der Waals surface area contributed by atoms with E-state index in [2.05, 4.69) is 18.1 Å². The molecule has 0 amide bonds. The van der Waals surface area contributed by atoms with Gasteiger partial charge in [0, 0.05) is 18.4 Å². The molecule has 0 radical (unpaired) electrons. The number of aromatic nitrogens is 1. The predicted molar refractivity (Wildman–Crippen MR) is 49.2 cm³/mol. The van der Waals surface area contributed by atoms with Crippen molar-refractivity contribution in [3.05, 3.63) is 17.5 Å². The van der Waals surface area contributed by atoms with Gasteiger partial charge in [0.2, 0.25) is 0 Å². The molecule has 1 aliphatic carbocycles. The molecule has 1 fully saturated rings. The fourth-order valence-corrected chi connectivity index (χ4v) is 1.07. The minimum absolute atomic E-state index is 0.726. The molecule has 0 bridgehead atoms. The Balaban J connectivity index is 0.000000336. The predicted octanol–water partition coefficient (Wildman–Crippen LogP) is 3.14. The number of hydrogen-bond acceptors (Lipinski definition) is 2. The van der Waals surface area contributed by atoms with Crippen LogP contribution in [0.1, 0.15) is 51.0 Å². The zero-order chi connectivity index (χ0) is 8.97. The van der Waals surface area contributed by atoms with Crippen LogP contribution in [0.15, 0.2) is 10.6 Å². The van der Waals surface area contributed by atoms with Gasteiger partial charge in [-0.25, -0.2) is 0 Å². The van der Waals surface area contributed by atoms with E-state index in [1.165, 1.54) is 12.8 Å². The maximum Gasteiger partial charge on any atom is 0.136 e. The molecule has 68 valence electrons. The lowest BCUT2D eigenvalue weighted by molar-refractivity contribution is 0.380. The van der Waals surface area contributed by atoms with Gasteiger partial charge in [0.15, 0.2) is 0 Å². The third kappa shape index (κ3) is 2.10. The summed E-state index contributed by atoms with van der Waals surface area (Å²) in [5.74, 6) is 1.74. The molecule has 0 saturated heterocycles. The average molecular weight is 167 g/mol. The lowest BCUT2D eigenvalue weighted by Crippen LogP contribution is -1.74. The summed E-state index contributed by atoms with van der Waals surface area (Å²) < 4.78 is 5.07. The van der Waals surface area contributed by atoms with Gasteiger partial charge in [0.25, 0.3) is 0 Å². The summed E-state index contributed by atoms with van der Waals surface area (Å²) in [4.78, 5) is 0. The van der Waals surface area contributed by atoms with Crippen LogP contribution in [-0.4, -0.2) is 5.16 Å². The van der Waals surface area contributed by atoms with E-state index in [-0.39, 0.29) is 0 Å². The molecule has 0 unspecified atom stereocenters. The van der Waals surface area contributed by atoms with Gasteiger partial charge in [-0.15, -0.1) is 0 Å². The summed E-state index contributed by atoms with van der Waals surface area (Å²) in [5.41, 5.74) is 1.16. The average Bonchev–Trinajstić information content (AvgIpc) is 2.88. The molecular weight excluding hydrogens is 150 g/mol. The van der Waals surface area contributed by atoms with Crippen LogP contribution in [0, 0.1) is 0 Å². The van der Waals surface area contributed by atoms with Gasteiger partial charge in [-0.3, -0.25) is 0 Å². The molecule has 0 aliphatic heterocycles. The zero-order valence-corrected chi connectivity index (χ0v) is 8.13. The lowest BCUT2D eigenvalue weighted by atomic mass is 10.2. The first kappa shape index (κ1) is 9.30. The standard InChI is InChI=1S/C8H11NO.C2H6/c1-2-7-5-8(9-10-7)6-3-4-6;1-2/h5-6H,2-4H2,1H3;1-2H3. The Kier molecular flexibility index (Phi) is 3.32. The molecule has 2 nitrogen and oxygen atoms in total. The van der Waals surface area contributed by atoms with Crippen LogP contribution < -0.4 is 0 Å². The summed E-state index contributed by atoms with van der Waals surface area (Å²) in [6, 6.07) is 2.08. The van der Waals surface area contributed by atoms with Crippen LogP contribution in [0.4, 0.5) is 0 Å². The highest BCUT2D eigenvalue weighted by molar-refractivity contribution is 5.15. The van der Waals surface area contributed by atoms with Crippen molar-refractivity contribution in [1.82, 2.24) is 5.16 Å². The second-order valence-corrected chi connectivity index (χ2v) is 2.85. The van der Waals surface area contributed by atoms with E-state index in [1.807, 2.05) is 13.8 Å². The van der Waals surface area contributed by atoms with Gasteiger partial charge >= 0.3 is 0 Å². The van der Waals surface area contributed by atoms with Crippen molar-refractivity contribution in [3.8, 4) is 0 Å². The molecule has 1 saturated carbocycles. The molecule has 1 aromatic heterocycles. The molecule has 0 N–H and O–H groups in total. The number of aryl methyl sites for hydroxylation is 1. The maximum atomic E-state index is 5.07. The van der Waals surface area contributed by atoms with Crippen molar-refractivity contribution in [2.24, 2.45) is 0 Å². The quantitative estimate of drug-likeness (QED) is 0.676. The van der Waals surface area contributed by atoms with Gasteiger partial charge in [-0.05, 0) is 12.8 Å².